The predicted octanol–water partition coefficient (Wildman–Crippen LogP) is -0.236. The molecule has 5 N–H and O–H groups in total. The second kappa shape index (κ2) is 4.89. The van der Waals surface area contributed by atoms with Crippen LogP contribution >= 0.6 is 11.6 Å². The Balaban J connectivity index is 2.97. The summed E-state index contributed by atoms with van der Waals surface area (Å²) < 4.78 is 5.05. The van der Waals surface area contributed by atoms with Crippen LogP contribution < -0.4 is 21.2 Å². The summed E-state index contributed by atoms with van der Waals surface area (Å²) in [4.78, 5) is 2.90. The quantitative estimate of drug-likeness (QED) is 0.494. The lowest BCUT2D eigenvalue weighted by atomic mass is 10.1. The number of rotatable bonds is 3. The number of ether oxygens (including phenoxy) is 1. The second-order valence-corrected chi connectivity index (χ2v) is 3.62. The third-order valence-corrected chi connectivity index (χ3v) is 2.35. The average Bonchev–Trinajstić information content (AvgIpc) is 2.16. The highest BCUT2D eigenvalue weighted by Gasteiger charge is 2.08. The van der Waals surface area contributed by atoms with Crippen LogP contribution in [0.3, 0.4) is 0 Å². The van der Waals surface area contributed by atoms with Gasteiger partial charge in [-0.15, -0.1) is 0 Å². The van der Waals surface area contributed by atoms with Crippen LogP contribution in [0.4, 0.5) is 0 Å². The standard InChI is InChI=1S/C10H14ClN3O/c1-6(14-10(12)13)7-3-4-9(15-2)8(11)5-7/h3-6H,1-2H3,(H4,12,13,14)/p+1/t6-/m1/s1. The first-order valence-corrected chi connectivity index (χ1v) is 4.90. The lowest BCUT2D eigenvalue weighted by Crippen LogP contribution is -2.78. The number of guanidine groups is 1. The first-order chi connectivity index (χ1) is 7.04. The molecule has 4 nitrogen and oxygen atoms in total. The molecule has 0 saturated carbocycles. The smallest absolute Gasteiger partial charge is 0.339 e. The van der Waals surface area contributed by atoms with Gasteiger partial charge in [0.1, 0.15) is 5.75 Å². The Kier molecular flexibility index (Phi) is 3.80. The zero-order valence-electron chi connectivity index (χ0n) is 8.75. The third kappa shape index (κ3) is 3.02. The van der Waals surface area contributed by atoms with Crippen LogP contribution in [0.2, 0.25) is 5.02 Å². The van der Waals surface area contributed by atoms with Crippen molar-refractivity contribution in [2.45, 2.75) is 13.0 Å². The van der Waals surface area contributed by atoms with Crippen molar-refractivity contribution >= 4 is 17.6 Å². The van der Waals surface area contributed by atoms with Gasteiger partial charge in [0.15, 0.2) is 0 Å². The minimum absolute atomic E-state index is 0.0124. The van der Waals surface area contributed by atoms with E-state index in [1.54, 1.807) is 7.11 Å². The van der Waals surface area contributed by atoms with E-state index in [9.17, 15) is 0 Å². The summed E-state index contributed by atoms with van der Waals surface area (Å²) in [6.07, 6.45) is 0. The third-order valence-electron chi connectivity index (χ3n) is 2.06. The summed E-state index contributed by atoms with van der Waals surface area (Å²) in [5.41, 5.74) is 11.7. The lowest BCUT2D eigenvalue weighted by Gasteiger charge is -2.08. The van der Waals surface area contributed by atoms with Crippen LogP contribution in [-0.2, 0) is 0 Å². The van der Waals surface area contributed by atoms with Gasteiger partial charge in [-0.3, -0.25) is 16.5 Å². The normalized spacial score (nSPS) is 11.9. The van der Waals surface area contributed by atoms with Crippen molar-refractivity contribution in [2.24, 2.45) is 11.5 Å². The summed E-state index contributed by atoms with van der Waals surface area (Å²) in [5, 5.41) is 0.569. The molecule has 0 spiro atoms. The summed E-state index contributed by atoms with van der Waals surface area (Å²) >= 11 is 5.99. The highest BCUT2D eigenvalue weighted by Crippen LogP contribution is 2.26. The lowest BCUT2D eigenvalue weighted by molar-refractivity contribution is -0.507. The maximum absolute atomic E-state index is 5.99. The molecule has 0 bridgehead atoms. The van der Waals surface area contributed by atoms with Crippen molar-refractivity contribution in [1.82, 2.24) is 0 Å². The van der Waals surface area contributed by atoms with E-state index in [0.717, 1.165) is 5.56 Å². The van der Waals surface area contributed by atoms with Crippen molar-refractivity contribution in [3.8, 4) is 5.75 Å². The Morgan fingerprint density at radius 2 is 2.13 bits per heavy atom. The first kappa shape index (κ1) is 11.7. The zero-order valence-corrected chi connectivity index (χ0v) is 9.51. The van der Waals surface area contributed by atoms with Crippen LogP contribution in [0.1, 0.15) is 18.5 Å². The highest BCUT2D eigenvalue weighted by atomic mass is 35.5. The number of halogens is 1. The average molecular weight is 229 g/mol. The SMILES string of the molecule is COc1ccc([C@@H](C)[NH+]=C(N)N)cc1Cl. The molecule has 82 valence electrons. The molecule has 0 amide bonds. The molecular formula is C10H15ClN3O+. The topological polar surface area (TPSA) is 75.2 Å². The van der Waals surface area contributed by atoms with Gasteiger partial charge in [0.25, 0.3) is 0 Å². The first-order valence-electron chi connectivity index (χ1n) is 4.52. The van der Waals surface area contributed by atoms with Crippen molar-refractivity contribution < 1.29 is 9.73 Å². The number of hydrogen-bond donors (Lipinski definition) is 3. The van der Waals surface area contributed by atoms with E-state index >= 15 is 0 Å². The fourth-order valence-corrected chi connectivity index (χ4v) is 1.55. The molecular weight excluding hydrogens is 214 g/mol. The largest absolute Gasteiger partial charge is 0.495 e. The molecule has 1 rings (SSSR count). The minimum atomic E-state index is 0.0124. The minimum Gasteiger partial charge on any atom is -0.495 e. The molecule has 0 radical (unpaired) electrons. The summed E-state index contributed by atoms with van der Waals surface area (Å²) in [5.74, 6) is 0.840. The van der Waals surface area contributed by atoms with Gasteiger partial charge in [-0.05, 0) is 24.6 Å². The summed E-state index contributed by atoms with van der Waals surface area (Å²) in [6, 6.07) is 5.55. The van der Waals surface area contributed by atoms with Crippen LogP contribution in [0, 0.1) is 0 Å². The molecule has 1 aromatic carbocycles. The number of nitrogens with one attached hydrogen (secondary N) is 1. The Labute approximate surface area is 93.9 Å². The fraction of sp³-hybridized carbons (Fsp3) is 0.300. The zero-order chi connectivity index (χ0) is 11.4. The van der Waals surface area contributed by atoms with E-state index in [-0.39, 0.29) is 12.0 Å². The van der Waals surface area contributed by atoms with E-state index in [0.29, 0.717) is 10.8 Å². The molecule has 0 aliphatic heterocycles. The van der Waals surface area contributed by atoms with Crippen LogP contribution in [-0.4, -0.2) is 13.1 Å². The summed E-state index contributed by atoms with van der Waals surface area (Å²) in [7, 11) is 1.58. The maximum atomic E-state index is 5.99. The van der Waals surface area contributed by atoms with Crippen LogP contribution in [0.25, 0.3) is 0 Å². The van der Waals surface area contributed by atoms with Crippen molar-refractivity contribution in [2.75, 3.05) is 7.11 Å². The van der Waals surface area contributed by atoms with Gasteiger partial charge in [0, 0.05) is 0 Å². The van der Waals surface area contributed by atoms with Gasteiger partial charge in [-0.1, -0.05) is 17.7 Å². The molecule has 1 atom stereocenters. The number of benzene rings is 1. The predicted molar refractivity (Wildman–Crippen MR) is 60.8 cm³/mol. The number of hydrogen-bond acceptors (Lipinski definition) is 1. The Hall–Kier alpha value is -1.42. The molecule has 0 aliphatic rings. The fourth-order valence-electron chi connectivity index (χ4n) is 1.29. The van der Waals surface area contributed by atoms with Gasteiger partial charge in [0.2, 0.25) is 0 Å². The van der Waals surface area contributed by atoms with E-state index < -0.39 is 0 Å². The van der Waals surface area contributed by atoms with Crippen LogP contribution in [0.5, 0.6) is 5.75 Å². The molecule has 0 aliphatic carbocycles. The molecule has 15 heavy (non-hydrogen) atoms. The maximum Gasteiger partial charge on any atom is 0.339 e. The molecule has 0 saturated heterocycles. The summed E-state index contributed by atoms with van der Waals surface area (Å²) in [6.45, 7) is 1.94. The molecule has 0 unspecified atom stereocenters. The van der Waals surface area contributed by atoms with E-state index in [4.69, 9.17) is 27.8 Å². The van der Waals surface area contributed by atoms with Gasteiger partial charge in [0.05, 0.1) is 18.2 Å². The van der Waals surface area contributed by atoms with Crippen LogP contribution in [0.15, 0.2) is 18.2 Å². The Morgan fingerprint density at radius 3 is 2.60 bits per heavy atom. The molecule has 0 heterocycles. The number of nitrogens with two attached hydrogens (primary N) is 2. The van der Waals surface area contributed by atoms with Crippen molar-refractivity contribution in [3.05, 3.63) is 28.8 Å². The van der Waals surface area contributed by atoms with Gasteiger partial charge in [-0.25, -0.2) is 0 Å². The van der Waals surface area contributed by atoms with Gasteiger partial charge < -0.3 is 4.74 Å². The molecule has 5 heteroatoms. The van der Waals surface area contributed by atoms with Crippen molar-refractivity contribution in [3.63, 3.8) is 0 Å². The monoisotopic (exact) mass is 228 g/mol. The highest BCUT2D eigenvalue weighted by molar-refractivity contribution is 6.32. The van der Waals surface area contributed by atoms with E-state index in [1.165, 1.54) is 0 Å². The van der Waals surface area contributed by atoms with E-state index in [2.05, 4.69) is 4.99 Å². The molecule has 0 fully saturated rings. The number of methoxy groups -OCH3 is 1. The van der Waals surface area contributed by atoms with Gasteiger partial charge in [-0.2, -0.15) is 0 Å². The second-order valence-electron chi connectivity index (χ2n) is 3.22. The Morgan fingerprint density at radius 1 is 1.47 bits per heavy atom. The van der Waals surface area contributed by atoms with Gasteiger partial charge >= 0.3 is 5.96 Å². The van der Waals surface area contributed by atoms with Crippen molar-refractivity contribution in [1.29, 1.82) is 0 Å². The molecule has 1 aromatic rings. The Bertz CT molecular complexity index is 375. The van der Waals surface area contributed by atoms with E-state index in [1.807, 2.05) is 25.1 Å². The molecule has 0 aromatic heterocycles.